The number of hydrogen-bond acceptors (Lipinski definition) is 7. The van der Waals surface area contributed by atoms with Crippen LogP contribution in [0.15, 0.2) is 64.6 Å². The molecule has 0 radical (unpaired) electrons. The van der Waals surface area contributed by atoms with E-state index in [1.807, 2.05) is 0 Å². The minimum Gasteiger partial charge on any atom is -0.379 e. The van der Waals surface area contributed by atoms with Gasteiger partial charge in [0.25, 0.3) is 5.69 Å². The van der Waals surface area contributed by atoms with Gasteiger partial charge in [-0.2, -0.15) is 9.41 Å². The summed E-state index contributed by atoms with van der Waals surface area (Å²) in [7, 11) is -3.56. The maximum absolute atomic E-state index is 12.6. The number of rotatable bonds is 7. The van der Waals surface area contributed by atoms with Gasteiger partial charge >= 0.3 is 0 Å². The molecule has 2 aromatic carbocycles. The van der Waals surface area contributed by atoms with Crippen molar-refractivity contribution in [3.8, 4) is 0 Å². The first-order valence-corrected chi connectivity index (χ1v) is 11.4. The molecule has 10 nitrogen and oxygen atoms in total. The Morgan fingerprint density at radius 2 is 1.84 bits per heavy atom. The first-order valence-electron chi connectivity index (χ1n) is 9.56. The van der Waals surface area contributed by atoms with Gasteiger partial charge in [0.15, 0.2) is 5.11 Å². The summed E-state index contributed by atoms with van der Waals surface area (Å²) in [6.07, 6.45) is 4.51. The predicted molar refractivity (Wildman–Crippen MR) is 126 cm³/mol. The average molecular weight is 476 g/mol. The Kier molecular flexibility index (Phi) is 8.00. The standard InChI is InChI=1S/C20H21N5O5S2/c26-25(27)19-6-2-1-4-16(19)5-3-11-21-23-20(31)22-17-7-9-18(10-8-17)32(28,29)24-12-14-30-15-13-24/h1-11H,12-15H2,(H2,22,23,31)/b5-3+,21-11-. The molecule has 1 aliphatic rings. The molecule has 2 N–H and O–H groups in total. The molecule has 1 aliphatic heterocycles. The summed E-state index contributed by atoms with van der Waals surface area (Å²) in [6, 6.07) is 12.6. The van der Waals surface area contributed by atoms with Crippen LogP contribution in [-0.2, 0) is 14.8 Å². The summed E-state index contributed by atoms with van der Waals surface area (Å²) in [4.78, 5) is 10.7. The third kappa shape index (κ3) is 6.17. The fraction of sp³-hybridized carbons (Fsp3) is 0.200. The summed E-state index contributed by atoms with van der Waals surface area (Å²) in [5.41, 5.74) is 3.66. The summed E-state index contributed by atoms with van der Waals surface area (Å²) in [5.74, 6) is 0. The number of nitro groups is 1. The van der Waals surface area contributed by atoms with Crippen LogP contribution in [-0.4, -0.2) is 55.3 Å². The zero-order chi connectivity index (χ0) is 23.0. The third-order valence-corrected chi connectivity index (χ3v) is 6.56. The fourth-order valence-electron chi connectivity index (χ4n) is 2.89. The van der Waals surface area contributed by atoms with Crippen LogP contribution in [0.4, 0.5) is 11.4 Å². The Morgan fingerprint density at radius 1 is 1.16 bits per heavy atom. The normalized spacial score (nSPS) is 15.1. The zero-order valence-corrected chi connectivity index (χ0v) is 18.5. The molecule has 3 rings (SSSR count). The first-order chi connectivity index (χ1) is 15.4. The predicted octanol–water partition coefficient (Wildman–Crippen LogP) is 2.60. The summed E-state index contributed by atoms with van der Waals surface area (Å²) < 4.78 is 31.9. The number of nitro benzene ring substituents is 1. The number of thiocarbonyl (C=S) groups is 1. The number of nitrogens with one attached hydrogen (secondary N) is 2. The van der Waals surface area contributed by atoms with Crippen molar-refractivity contribution in [2.45, 2.75) is 4.90 Å². The molecule has 0 aromatic heterocycles. The Bertz CT molecular complexity index is 1130. The van der Waals surface area contributed by atoms with Crippen LogP contribution in [0, 0.1) is 10.1 Å². The molecule has 0 saturated carbocycles. The van der Waals surface area contributed by atoms with E-state index in [1.165, 1.54) is 28.7 Å². The number of benzene rings is 2. The highest BCUT2D eigenvalue weighted by Gasteiger charge is 2.26. The van der Waals surface area contributed by atoms with E-state index < -0.39 is 14.9 Å². The van der Waals surface area contributed by atoms with E-state index in [4.69, 9.17) is 17.0 Å². The highest BCUT2D eigenvalue weighted by molar-refractivity contribution is 7.89. The third-order valence-electron chi connectivity index (χ3n) is 4.46. The minimum atomic E-state index is -3.56. The Hall–Kier alpha value is -3.19. The molecule has 0 aliphatic carbocycles. The lowest BCUT2D eigenvalue weighted by molar-refractivity contribution is -0.385. The minimum absolute atomic E-state index is 0.00128. The maximum Gasteiger partial charge on any atom is 0.276 e. The van der Waals surface area contributed by atoms with Crippen molar-refractivity contribution in [2.24, 2.45) is 5.10 Å². The number of morpholine rings is 1. The quantitative estimate of drug-likeness (QED) is 0.271. The molecule has 0 spiro atoms. The number of sulfonamides is 1. The van der Waals surface area contributed by atoms with Crippen LogP contribution in [0.1, 0.15) is 5.56 Å². The molecule has 0 amide bonds. The van der Waals surface area contributed by atoms with Crippen molar-refractivity contribution in [3.05, 3.63) is 70.3 Å². The van der Waals surface area contributed by atoms with Gasteiger partial charge in [-0.3, -0.25) is 15.5 Å². The van der Waals surface area contributed by atoms with Crippen LogP contribution < -0.4 is 10.7 Å². The van der Waals surface area contributed by atoms with Crippen molar-refractivity contribution in [2.75, 3.05) is 31.6 Å². The number of anilines is 1. The number of para-hydroxylation sites is 1. The number of hydrazone groups is 1. The summed E-state index contributed by atoms with van der Waals surface area (Å²) in [5, 5.41) is 18.0. The molecule has 2 aromatic rings. The van der Waals surface area contributed by atoms with Crippen LogP contribution >= 0.6 is 12.2 Å². The van der Waals surface area contributed by atoms with Crippen LogP contribution in [0.2, 0.25) is 0 Å². The van der Waals surface area contributed by atoms with Crippen molar-refractivity contribution >= 4 is 51.0 Å². The smallest absolute Gasteiger partial charge is 0.276 e. The first kappa shape index (κ1) is 23.5. The van der Waals surface area contributed by atoms with E-state index in [0.29, 0.717) is 37.6 Å². The van der Waals surface area contributed by atoms with Gasteiger partial charge in [0.05, 0.1) is 28.6 Å². The fourth-order valence-corrected chi connectivity index (χ4v) is 4.46. The summed E-state index contributed by atoms with van der Waals surface area (Å²) in [6.45, 7) is 1.44. The maximum atomic E-state index is 12.6. The van der Waals surface area contributed by atoms with Crippen LogP contribution in [0.5, 0.6) is 0 Å². The molecule has 1 saturated heterocycles. The van der Waals surface area contributed by atoms with E-state index in [0.717, 1.165) is 0 Å². The lowest BCUT2D eigenvalue weighted by Crippen LogP contribution is -2.40. The molecule has 1 fully saturated rings. The monoisotopic (exact) mass is 475 g/mol. The van der Waals surface area contributed by atoms with E-state index >= 15 is 0 Å². The van der Waals surface area contributed by atoms with Gasteiger partial charge in [-0.1, -0.05) is 12.1 Å². The molecular weight excluding hydrogens is 454 g/mol. The molecule has 12 heteroatoms. The number of allylic oxidation sites excluding steroid dienone is 1. The highest BCUT2D eigenvalue weighted by atomic mass is 32.2. The lowest BCUT2D eigenvalue weighted by atomic mass is 10.2. The highest BCUT2D eigenvalue weighted by Crippen LogP contribution is 2.20. The molecule has 1 heterocycles. The van der Waals surface area contributed by atoms with E-state index in [9.17, 15) is 18.5 Å². The van der Waals surface area contributed by atoms with Crippen LogP contribution in [0.25, 0.3) is 6.08 Å². The SMILES string of the molecule is O=[N+]([O-])c1ccccc1/C=C/C=N\NC(=S)Nc1ccc(S(=O)(=O)N2CCOCC2)cc1. The summed E-state index contributed by atoms with van der Waals surface area (Å²) >= 11 is 5.15. The zero-order valence-electron chi connectivity index (χ0n) is 16.9. The van der Waals surface area contributed by atoms with E-state index in [-0.39, 0.29) is 15.7 Å². The Morgan fingerprint density at radius 3 is 2.53 bits per heavy atom. The molecule has 32 heavy (non-hydrogen) atoms. The largest absolute Gasteiger partial charge is 0.379 e. The van der Waals surface area contributed by atoms with Gasteiger partial charge in [-0.25, -0.2) is 8.42 Å². The van der Waals surface area contributed by atoms with Crippen LogP contribution in [0.3, 0.4) is 0 Å². The number of hydrogen-bond donors (Lipinski definition) is 2. The average Bonchev–Trinajstić information content (AvgIpc) is 2.80. The Balaban J connectivity index is 1.52. The second-order valence-electron chi connectivity index (χ2n) is 6.56. The number of nitrogens with zero attached hydrogens (tertiary/aromatic N) is 3. The lowest BCUT2D eigenvalue weighted by Gasteiger charge is -2.26. The van der Waals surface area contributed by atoms with Crippen molar-refractivity contribution in [3.63, 3.8) is 0 Å². The topological polar surface area (TPSA) is 126 Å². The van der Waals surface area contributed by atoms with Gasteiger partial charge < -0.3 is 10.1 Å². The Labute approximate surface area is 190 Å². The van der Waals surface area contributed by atoms with Gasteiger partial charge in [0.1, 0.15) is 0 Å². The molecule has 0 bridgehead atoms. The van der Waals surface area contributed by atoms with E-state index in [1.54, 1.807) is 42.5 Å². The van der Waals surface area contributed by atoms with Gasteiger partial charge in [-0.05, 0) is 54.7 Å². The van der Waals surface area contributed by atoms with Crippen molar-refractivity contribution in [1.29, 1.82) is 0 Å². The van der Waals surface area contributed by atoms with Gasteiger partial charge in [-0.15, -0.1) is 0 Å². The van der Waals surface area contributed by atoms with Crippen molar-refractivity contribution < 1.29 is 18.1 Å². The molecular formula is C20H21N5O5S2. The van der Waals surface area contributed by atoms with E-state index in [2.05, 4.69) is 15.8 Å². The van der Waals surface area contributed by atoms with Crippen molar-refractivity contribution in [1.82, 2.24) is 9.73 Å². The number of ether oxygens (including phenoxy) is 1. The molecule has 0 atom stereocenters. The van der Waals surface area contributed by atoms with Gasteiger partial charge in [0.2, 0.25) is 10.0 Å². The molecule has 0 unspecified atom stereocenters. The van der Waals surface area contributed by atoms with Gasteiger partial charge in [0, 0.05) is 31.1 Å². The second kappa shape index (κ2) is 10.9. The molecule has 168 valence electrons. The second-order valence-corrected chi connectivity index (χ2v) is 8.91.